The predicted molar refractivity (Wildman–Crippen MR) is 228 cm³/mol. The Labute approximate surface area is 314 Å². The van der Waals surface area contributed by atoms with Gasteiger partial charge in [0.05, 0.1) is 18.5 Å². The Bertz CT molecular complexity index is 1710. The fourth-order valence-electron chi connectivity index (χ4n) is 6.70. The summed E-state index contributed by atoms with van der Waals surface area (Å²) in [6, 6.07) is 26.1. The minimum atomic E-state index is -3.41. The molecule has 0 heterocycles. The van der Waals surface area contributed by atoms with Crippen LogP contribution in [0.5, 0.6) is 0 Å². The van der Waals surface area contributed by atoms with Gasteiger partial charge in [-0.25, -0.2) is 0 Å². The molecule has 4 aromatic rings. The molecule has 278 valence electrons. The molecule has 0 aromatic heterocycles. The third kappa shape index (κ3) is 10.3. The first kappa shape index (κ1) is 42.9. The second-order valence-electron chi connectivity index (χ2n) is 15.5. The normalized spacial score (nSPS) is 12.1. The van der Waals surface area contributed by atoms with Gasteiger partial charge in [-0.2, -0.15) is 0 Å². The molecule has 4 aromatic carbocycles. The summed E-state index contributed by atoms with van der Waals surface area (Å²) >= 11 is 0. The molecule has 4 rings (SSSR count). The average Bonchev–Trinajstić information content (AvgIpc) is 3.07. The summed E-state index contributed by atoms with van der Waals surface area (Å²) in [7, 11) is -0.506. The fourth-order valence-corrected chi connectivity index (χ4v) is 8.83. The van der Waals surface area contributed by atoms with Crippen molar-refractivity contribution in [3.63, 3.8) is 0 Å². The van der Waals surface area contributed by atoms with Crippen molar-refractivity contribution in [3.8, 4) is 22.3 Å². The van der Waals surface area contributed by atoms with E-state index in [4.69, 9.17) is 9.05 Å². The van der Waals surface area contributed by atoms with Crippen molar-refractivity contribution >= 4 is 27.4 Å². The Morgan fingerprint density at radius 2 is 0.843 bits per heavy atom. The molecule has 0 saturated heterocycles. The molecule has 0 radical (unpaired) electrons. The molecule has 0 N–H and O–H groups in total. The number of benzene rings is 4. The van der Waals surface area contributed by atoms with Crippen molar-refractivity contribution in [1.82, 2.24) is 0 Å². The molecular weight excluding hydrogens is 662 g/mol. The maximum absolute atomic E-state index is 13.7. The Balaban J connectivity index is 0.000000286. The summed E-state index contributed by atoms with van der Waals surface area (Å²) in [4.78, 5) is 0. The zero-order valence-corrected chi connectivity index (χ0v) is 36.1. The van der Waals surface area contributed by atoms with Crippen molar-refractivity contribution in [2.24, 2.45) is 0 Å². The summed E-state index contributed by atoms with van der Waals surface area (Å²) < 4.78 is 25.1. The van der Waals surface area contributed by atoms with E-state index in [2.05, 4.69) is 147 Å². The van der Waals surface area contributed by atoms with Gasteiger partial charge in [0, 0.05) is 0 Å². The molecule has 0 aliphatic carbocycles. The van der Waals surface area contributed by atoms with Gasteiger partial charge in [0.2, 0.25) is 0 Å². The minimum absolute atomic E-state index is 0.339. The standard InChI is InChI=1S/C25H37O3P.C21H29P/c1-9-27-29(26,28-10-2)24-14-12-11-13-21(24)25-22(18(5)6)15-20(17(3)4)16-23(25)19(7)8;1-13(2)16-11-18(14(3)4)21(19(12-16)15(5)6)17-9-7-8-10-20(17)22/h11-19H,9-10H2,1-8H3;7-15H,22H2,1-6H3. The second-order valence-corrected chi connectivity index (χ2v) is 18.1. The van der Waals surface area contributed by atoms with Gasteiger partial charge in [0.25, 0.3) is 0 Å². The van der Waals surface area contributed by atoms with Crippen LogP contribution in [0.1, 0.15) is 166 Å². The zero-order valence-electron chi connectivity index (χ0n) is 34.1. The van der Waals surface area contributed by atoms with Crippen LogP contribution in [0.3, 0.4) is 0 Å². The molecule has 0 fully saturated rings. The van der Waals surface area contributed by atoms with Crippen LogP contribution in [-0.4, -0.2) is 13.2 Å². The van der Waals surface area contributed by atoms with E-state index in [1.54, 1.807) is 0 Å². The van der Waals surface area contributed by atoms with Crippen LogP contribution in [0.4, 0.5) is 0 Å². The average molecular weight is 729 g/mol. The molecular formula is C46H66O3P2. The van der Waals surface area contributed by atoms with E-state index in [1.165, 1.54) is 55.4 Å². The molecule has 0 aliphatic rings. The largest absolute Gasteiger partial charge is 0.361 e. The molecule has 0 bridgehead atoms. The maximum Gasteiger partial charge on any atom is 0.361 e. The highest BCUT2D eigenvalue weighted by atomic mass is 31.2. The highest BCUT2D eigenvalue weighted by Gasteiger charge is 2.32. The van der Waals surface area contributed by atoms with Crippen LogP contribution in [0.25, 0.3) is 22.3 Å². The lowest BCUT2D eigenvalue weighted by Crippen LogP contribution is -2.15. The van der Waals surface area contributed by atoms with Gasteiger partial charge in [-0.1, -0.05) is 150 Å². The zero-order chi connectivity index (χ0) is 38.2. The minimum Gasteiger partial charge on any atom is -0.305 e. The molecule has 3 nitrogen and oxygen atoms in total. The van der Waals surface area contributed by atoms with Gasteiger partial charge in [-0.3, -0.25) is 4.57 Å². The molecule has 5 heteroatoms. The van der Waals surface area contributed by atoms with Crippen molar-refractivity contribution < 1.29 is 13.6 Å². The third-order valence-electron chi connectivity index (χ3n) is 9.56. The molecule has 51 heavy (non-hydrogen) atoms. The first-order valence-corrected chi connectivity index (χ1v) is 21.3. The highest BCUT2D eigenvalue weighted by molar-refractivity contribution is 7.62. The molecule has 1 atom stereocenters. The fraction of sp³-hybridized carbons (Fsp3) is 0.478. The van der Waals surface area contributed by atoms with Crippen LogP contribution in [0.15, 0.2) is 72.8 Å². The van der Waals surface area contributed by atoms with Gasteiger partial charge in [-0.05, 0) is 116 Å². The molecule has 0 amide bonds. The Morgan fingerprint density at radius 1 is 0.510 bits per heavy atom. The maximum atomic E-state index is 13.7. The van der Waals surface area contributed by atoms with Crippen LogP contribution in [0, 0.1) is 0 Å². The van der Waals surface area contributed by atoms with E-state index >= 15 is 0 Å². The lowest BCUT2D eigenvalue weighted by Gasteiger charge is -2.26. The van der Waals surface area contributed by atoms with Crippen molar-refractivity contribution in [2.75, 3.05) is 13.2 Å². The summed E-state index contributed by atoms with van der Waals surface area (Å²) in [6.45, 7) is 31.5. The lowest BCUT2D eigenvalue weighted by atomic mass is 9.82. The van der Waals surface area contributed by atoms with Crippen molar-refractivity contribution in [1.29, 1.82) is 0 Å². The topological polar surface area (TPSA) is 35.5 Å². The van der Waals surface area contributed by atoms with Gasteiger partial charge in [0.1, 0.15) is 0 Å². The first-order chi connectivity index (χ1) is 24.0. The molecule has 0 saturated carbocycles. The van der Waals surface area contributed by atoms with Gasteiger partial charge in [0.15, 0.2) is 0 Å². The van der Waals surface area contributed by atoms with Crippen LogP contribution in [-0.2, 0) is 13.6 Å². The smallest absolute Gasteiger partial charge is 0.305 e. The summed E-state index contributed by atoms with van der Waals surface area (Å²) in [5.74, 6) is 2.75. The summed E-state index contributed by atoms with van der Waals surface area (Å²) in [5, 5.41) is 1.94. The monoisotopic (exact) mass is 728 g/mol. The second kappa shape index (κ2) is 19.0. The first-order valence-electron chi connectivity index (χ1n) is 19.2. The van der Waals surface area contributed by atoms with E-state index in [0.717, 1.165) is 5.56 Å². The highest BCUT2D eigenvalue weighted by Crippen LogP contribution is 2.51. The van der Waals surface area contributed by atoms with Gasteiger partial charge in [-0.15, -0.1) is 9.24 Å². The van der Waals surface area contributed by atoms with Crippen LogP contribution >= 0.6 is 16.8 Å². The van der Waals surface area contributed by atoms with Crippen molar-refractivity contribution in [3.05, 3.63) is 106 Å². The summed E-state index contributed by atoms with van der Waals surface area (Å²) in [6.07, 6.45) is 0. The van der Waals surface area contributed by atoms with Gasteiger partial charge < -0.3 is 9.05 Å². The SMILES string of the molecule is CC(C)c1cc(C(C)C)c(-c2ccccc2P)c(C(C)C)c1.CCOP(=O)(OCC)c1ccccc1-c1c(C(C)C)cc(C(C)C)cc1C(C)C. The van der Waals surface area contributed by atoms with Crippen molar-refractivity contribution in [2.45, 2.75) is 132 Å². The lowest BCUT2D eigenvalue weighted by molar-refractivity contribution is 0.230. The van der Waals surface area contributed by atoms with E-state index in [9.17, 15) is 4.57 Å². The van der Waals surface area contributed by atoms with E-state index in [0.29, 0.717) is 54.0 Å². The van der Waals surface area contributed by atoms with E-state index in [1.807, 2.05) is 32.0 Å². The predicted octanol–water partition coefficient (Wildman–Crippen LogP) is 13.8. The number of rotatable bonds is 13. The molecule has 0 aliphatic heterocycles. The van der Waals surface area contributed by atoms with Crippen LogP contribution in [0.2, 0.25) is 0 Å². The Kier molecular flexibility index (Phi) is 16.0. The van der Waals surface area contributed by atoms with Crippen LogP contribution < -0.4 is 10.6 Å². The summed E-state index contributed by atoms with van der Waals surface area (Å²) in [5.41, 5.74) is 13.3. The Morgan fingerprint density at radius 3 is 1.18 bits per heavy atom. The van der Waals surface area contributed by atoms with E-state index < -0.39 is 7.60 Å². The number of hydrogen-bond donors (Lipinski definition) is 0. The quantitative estimate of drug-likeness (QED) is 0.129. The molecule has 0 spiro atoms. The van der Waals surface area contributed by atoms with E-state index in [-0.39, 0.29) is 0 Å². The molecule has 1 unspecified atom stereocenters. The number of hydrogen-bond acceptors (Lipinski definition) is 3. The van der Waals surface area contributed by atoms with Gasteiger partial charge >= 0.3 is 7.60 Å². The Hall–Kier alpha value is -2.54. The third-order valence-corrected chi connectivity index (χ3v) is 12.2.